The monoisotopic (exact) mass is 344 g/mol. The molecular weight excluding hydrogens is 310 g/mol. The van der Waals surface area contributed by atoms with Crippen molar-refractivity contribution < 1.29 is 14.8 Å². The van der Waals surface area contributed by atoms with Crippen molar-refractivity contribution in [2.24, 2.45) is 0 Å². The molecule has 0 amide bonds. The lowest BCUT2D eigenvalue weighted by molar-refractivity contribution is -0.787. The summed E-state index contributed by atoms with van der Waals surface area (Å²) >= 11 is 5.42. The SMILES string of the molecule is COC(=O)CCCCCNC(=S)NC1CC(C)(C)[NH2+]C(C)(C)C1. The molecular formula is C17H34N3O2S+. The quantitative estimate of drug-likeness (QED) is 0.371. The second-order valence-corrected chi connectivity index (χ2v) is 8.42. The van der Waals surface area contributed by atoms with Crippen LogP contribution < -0.4 is 16.0 Å². The lowest BCUT2D eigenvalue weighted by Crippen LogP contribution is -3.06. The number of nitrogens with two attached hydrogens (primary N) is 1. The predicted molar refractivity (Wildman–Crippen MR) is 97.3 cm³/mol. The summed E-state index contributed by atoms with van der Waals surface area (Å²) in [6.07, 6.45) is 5.60. The van der Waals surface area contributed by atoms with E-state index in [0.29, 0.717) is 12.5 Å². The molecule has 0 aromatic heterocycles. The molecule has 0 aliphatic carbocycles. The molecule has 134 valence electrons. The molecule has 4 N–H and O–H groups in total. The molecule has 1 heterocycles. The third-order valence-corrected chi connectivity index (χ3v) is 4.49. The van der Waals surface area contributed by atoms with Crippen molar-refractivity contribution in [1.82, 2.24) is 10.6 Å². The van der Waals surface area contributed by atoms with E-state index < -0.39 is 0 Å². The zero-order chi connectivity index (χ0) is 17.5. The number of hydrogen-bond donors (Lipinski definition) is 3. The minimum absolute atomic E-state index is 0.130. The van der Waals surface area contributed by atoms with Crippen LogP contribution in [0.25, 0.3) is 0 Å². The van der Waals surface area contributed by atoms with Crippen LogP contribution in [0.1, 0.15) is 66.2 Å². The van der Waals surface area contributed by atoms with Gasteiger partial charge in [-0.1, -0.05) is 6.42 Å². The van der Waals surface area contributed by atoms with Gasteiger partial charge in [-0.25, -0.2) is 0 Å². The molecule has 0 saturated carbocycles. The Kier molecular flexibility index (Phi) is 7.74. The molecule has 0 aromatic carbocycles. The van der Waals surface area contributed by atoms with Gasteiger partial charge < -0.3 is 20.7 Å². The fourth-order valence-corrected chi connectivity index (χ4v) is 4.00. The van der Waals surface area contributed by atoms with E-state index in [0.717, 1.165) is 43.8 Å². The highest BCUT2D eigenvalue weighted by atomic mass is 32.1. The lowest BCUT2D eigenvalue weighted by atomic mass is 9.80. The van der Waals surface area contributed by atoms with Crippen molar-refractivity contribution >= 4 is 23.3 Å². The molecule has 6 heteroatoms. The Hall–Kier alpha value is -0.880. The number of thiocarbonyl (C=S) groups is 1. The van der Waals surface area contributed by atoms with Crippen LogP contribution in [-0.2, 0) is 9.53 Å². The number of ether oxygens (including phenoxy) is 1. The van der Waals surface area contributed by atoms with Gasteiger partial charge in [0, 0.05) is 31.8 Å². The Balaban J connectivity index is 2.20. The molecule has 1 fully saturated rings. The van der Waals surface area contributed by atoms with E-state index in [1.165, 1.54) is 7.11 Å². The Morgan fingerprint density at radius 3 is 2.35 bits per heavy atom. The first-order valence-corrected chi connectivity index (χ1v) is 9.03. The minimum Gasteiger partial charge on any atom is -0.469 e. The number of nitrogens with one attached hydrogen (secondary N) is 2. The highest BCUT2D eigenvalue weighted by Gasteiger charge is 2.41. The van der Waals surface area contributed by atoms with Crippen LogP contribution in [0.5, 0.6) is 0 Å². The predicted octanol–water partition coefficient (Wildman–Crippen LogP) is 1.47. The fourth-order valence-electron chi connectivity index (χ4n) is 3.73. The molecule has 1 rings (SSSR count). The largest absolute Gasteiger partial charge is 0.469 e. The number of hydrogen-bond acceptors (Lipinski definition) is 3. The Bertz CT molecular complexity index is 395. The summed E-state index contributed by atoms with van der Waals surface area (Å²) in [6.45, 7) is 10.0. The number of carbonyl (C=O) groups excluding carboxylic acids is 1. The number of rotatable bonds is 7. The zero-order valence-corrected chi connectivity index (χ0v) is 16.1. The summed E-state index contributed by atoms with van der Waals surface area (Å²) < 4.78 is 4.63. The lowest BCUT2D eigenvalue weighted by Gasteiger charge is -2.43. The smallest absolute Gasteiger partial charge is 0.305 e. The topological polar surface area (TPSA) is 67.0 Å². The van der Waals surface area contributed by atoms with Crippen molar-refractivity contribution in [2.75, 3.05) is 13.7 Å². The normalized spacial score (nSPS) is 19.9. The van der Waals surface area contributed by atoms with Crippen LogP contribution in [0.4, 0.5) is 0 Å². The van der Waals surface area contributed by atoms with Crippen molar-refractivity contribution in [2.45, 2.75) is 83.3 Å². The van der Waals surface area contributed by atoms with Crippen LogP contribution >= 0.6 is 12.2 Å². The van der Waals surface area contributed by atoms with E-state index in [1.807, 2.05) is 0 Å². The van der Waals surface area contributed by atoms with Crippen molar-refractivity contribution in [3.63, 3.8) is 0 Å². The van der Waals surface area contributed by atoms with Crippen molar-refractivity contribution in [3.8, 4) is 0 Å². The maximum absolute atomic E-state index is 11.0. The minimum atomic E-state index is -0.130. The number of esters is 1. The van der Waals surface area contributed by atoms with Gasteiger partial charge in [-0.15, -0.1) is 0 Å². The second-order valence-electron chi connectivity index (χ2n) is 8.01. The molecule has 0 unspecified atom stereocenters. The Labute approximate surface area is 146 Å². The first-order chi connectivity index (χ1) is 10.6. The number of methoxy groups -OCH3 is 1. The number of unbranched alkanes of at least 4 members (excludes halogenated alkanes) is 2. The summed E-state index contributed by atoms with van der Waals surface area (Å²) in [5.74, 6) is -0.130. The van der Waals surface area contributed by atoms with Crippen LogP contribution in [0.15, 0.2) is 0 Å². The molecule has 1 aliphatic rings. The molecule has 23 heavy (non-hydrogen) atoms. The molecule has 0 aromatic rings. The van der Waals surface area contributed by atoms with Crippen molar-refractivity contribution in [3.05, 3.63) is 0 Å². The maximum atomic E-state index is 11.0. The van der Waals surface area contributed by atoms with E-state index in [-0.39, 0.29) is 17.0 Å². The summed E-state index contributed by atoms with van der Waals surface area (Å²) in [6, 6.07) is 0.421. The van der Waals surface area contributed by atoms with Gasteiger partial charge in [0.15, 0.2) is 5.11 Å². The molecule has 1 saturated heterocycles. The highest BCUT2D eigenvalue weighted by molar-refractivity contribution is 7.80. The first-order valence-electron chi connectivity index (χ1n) is 8.62. The molecule has 0 radical (unpaired) electrons. The standard InChI is InChI=1S/C17H33N3O2S/c1-16(2)11-13(12-17(3,4)20-16)19-15(23)18-10-8-6-7-9-14(21)22-5/h13,20H,6-12H2,1-5H3,(H2,18,19,23)/p+1. The van der Waals surface area contributed by atoms with Crippen molar-refractivity contribution in [1.29, 1.82) is 0 Å². The number of carbonyl (C=O) groups is 1. The zero-order valence-electron chi connectivity index (χ0n) is 15.3. The maximum Gasteiger partial charge on any atom is 0.305 e. The van der Waals surface area contributed by atoms with Crippen LogP contribution in [-0.4, -0.2) is 41.9 Å². The van der Waals surface area contributed by atoms with E-state index in [4.69, 9.17) is 12.2 Å². The third-order valence-electron chi connectivity index (χ3n) is 4.23. The van der Waals surface area contributed by atoms with Crippen LogP contribution in [0.2, 0.25) is 0 Å². The first kappa shape index (κ1) is 20.2. The Morgan fingerprint density at radius 1 is 1.17 bits per heavy atom. The third kappa shape index (κ3) is 8.51. The second kappa shape index (κ2) is 8.83. The summed E-state index contributed by atoms with van der Waals surface area (Å²) in [7, 11) is 1.43. The van der Waals surface area contributed by atoms with Crippen LogP contribution in [0, 0.1) is 0 Å². The summed E-state index contributed by atoms with van der Waals surface area (Å²) in [5, 5.41) is 9.97. The molecule has 1 aliphatic heterocycles. The molecule has 0 spiro atoms. The van der Waals surface area contributed by atoms with Gasteiger partial charge in [-0.3, -0.25) is 4.79 Å². The number of quaternary nitrogens is 1. The van der Waals surface area contributed by atoms with Gasteiger partial charge in [0.1, 0.15) is 0 Å². The molecule has 0 bridgehead atoms. The summed E-state index contributed by atoms with van der Waals surface area (Å²) in [4.78, 5) is 11.0. The molecule has 0 atom stereocenters. The van der Waals surface area contributed by atoms with E-state index in [2.05, 4.69) is 48.4 Å². The van der Waals surface area contributed by atoms with E-state index in [1.54, 1.807) is 0 Å². The Morgan fingerprint density at radius 2 is 1.78 bits per heavy atom. The van der Waals surface area contributed by atoms with Crippen LogP contribution in [0.3, 0.4) is 0 Å². The van der Waals surface area contributed by atoms with Gasteiger partial charge >= 0.3 is 5.97 Å². The van der Waals surface area contributed by atoms with Gasteiger partial charge in [-0.2, -0.15) is 0 Å². The van der Waals surface area contributed by atoms with E-state index in [9.17, 15) is 4.79 Å². The average Bonchev–Trinajstić information content (AvgIpc) is 2.38. The molecule has 5 nitrogen and oxygen atoms in total. The van der Waals surface area contributed by atoms with Gasteiger partial charge in [-0.05, 0) is 52.8 Å². The van der Waals surface area contributed by atoms with Gasteiger partial charge in [0.25, 0.3) is 0 Å². The highest BCUT2D eigenvalue weighted by Crippen LogP contribution is 2.21. The fraction of sp³-hybridized carbons (Fsp3) is 0.882. The van der Waals surface area contributed by atoms with E-state index >= 15 is 0 Å². The van der Waals surface area contributed by atoms with Gasteiger partial charge in [0.2, 0.25) is 0 Å². The summed E-state index contributed by atoms with van der Waals surface area (Å²) in [5.41, 5.74) is 0.478. The average molecular weight is 345 g/mol. The van der Waals surface area contributed by atoms with Gasteiger partial charge in [0.05, 0.1) is 18.2 Å². The number of piperidine rings is 1.